The van der Waals surface area contributed by atoms with Crippen LogP contribution >= 0.6 is 0 Å². The second kappa shape index (κ2) is 6.61. The van der Waals surface area contributed by atoms with E-state index in [1.807, 2.05) is 26.1 Å². The lowest BCUT2D eigenvalue weighted by Crippen LogP contribution is -2.18. The Hall–Kier alpha value is -1.75. The first kappa shape index (κ1) is 14.7. The summed E-state index contributed by atoms with van der Waals surface area (Å²) in [5.41, 5.74) is 2.09. The third-order valence-electron chi connectivity index (χ3n) is 2.91. The van der Waals surface area contributed by atoms with Gasteiger partial charge in [-0.05, 0) is 25.5 Å². The van der Waals surface area contributed by atoms with Gasteiger partial charge in [0, 0.05) is 25.2 Å². The molecule has 0 atom stereocenters. The summed E-state index contributed by atoms with van der Waals surface area (Å²) >= 11 is 0. The number of aryl methyl sites for hydroxylation is 2. The summed E-state index contributed by atoms with van der Waals surface area (Å²) in [5, 5.41) is 7.62. The zero-order chi connectivity index (χ0) is 14.5. The van der Waals surface area contributed by atoms with E-state index in [4.69, 9.17) is 9.15 Å². The van der Waals surface area contributed by atoms with E-state index in [9.17, 15) is 0 Å². The average molecular weight is 277 g/mol. The molecule has 0 amide bonds. The zero-order valence-electron chi connectivity index (χ0n) is 12.6. The summed E-state index contributed by atoms with van der Waals surface area (Å²) in [6.07, 6.45) is 1.78. The summed E-state index contributed by atoms with van der Waals surface area (Å²) in [6.45, 7) is 8.58. The Labute approximate surface area is 119 Å². The molecular formula is C15H23N3O2. The second-order valence-electron chi connectivity index (χ2n) is 5.48. The van der Waals surface area contributed by atoms with Crippen molar-refractivity contribution in [1.29, 1.82) is 0 Å². The lowest BCUT2D eigenvalue weighted by molar-refractivity contribution is 0.249. The van der Waals surface area contributed by atoms with Gasteiger partial charge in [-0.1, -0.05) is 13.8 Å². The molecular weight excluding hydrogens is 254 g/mol. The van der Waals surface area contributed by atoms with Crippen LogP contribution in [0.2, 0.25) is 0 Å². The maximum Gasteiger partial charge on any atom is 0.212 e. The van der Waals surface area contributed by atoms with E-state index in [-0.39, 0.29) is 0 Å². The van der Waals surface area contributed by atoms with E-state index in [1.165, 1.54) is 0 Å². The predicted octanol–water partition coefficient (Wildman–Crippen LogP) is 2.65. The fourth-order valence-corrected chi connectivity index (χ4v) is 1.97. The minimum absolute atomic E-state index is 0.420. The molecule has 110 valence electrons. The van der Waals surface area contributed by atoms with Gasteiger partial charge >= 0.3 is 0 Å². The van der Waals surface area contributed by atoms with Crippen LogP contribution in [0, 0.1) is 12.8 Å². The molecule has 0 saturated carbocycles. The lowest BCUT2D eigenvalue weighted by atomic mass is 10.2. The molecule has 0 fully saturated rings. The van der Waals surface area contributed by atoms with Gasteiger partial charge in [-0.25, -0.2) is 4.68 Å². The van der Waals surface area contributed by atoms with Crippen molar-refractivity contribution >= 4 is 0 Å². The van der Waals surface area contributed by atoms with E-state index in [2.05, 4.69) is 24.3 Å². The largest absolute Gasteiger partial charge is 0.470 e. The first-order valence-electron chi connectivity index (χ1n) is 6.95. The van der Waals surface area contributed by atoms with Crippen molar-refractivity contribution in [2.75, 3.05) is 6.54 Å². The number of hydrogen-bond acceptors (Lipinski definition) is 4. The van der Waals surface area contributed by atoms with Crippen molar-refractivity contribution in [1.82, 2.24) is 15.1 Å². The van der Waals surface area contributed by atoms with Crippen LogP contribution in [-0.2, 0) is 20.2 Å². The van der Waals surface area contributed by atoms with Crippen molar-refractivity contribution in [2.45, 2.75) is 33.9 Å². The first-order valence-corrected chi connectivity index (χ1v) is 6.95. The van der Waals surface area contributed by atoms with Gasteiger partial charge in [0.1, 0.15) is 12.4 Å². The van der Waals surface area contributed by atoms with E-state index in [1.54, 1.807) is 10.9 Å². The number of ether oxygens (including phenoxy) is 1. The van der Waals surface area contributed by atoms with Crippen LogP contribution < -0.4 is 10.1 Å². The van der Waals surface area contributed by atoms with Crippen LogP contribution in [0.25, 0.3) is 0 Å². The number of furan rings is 1. The van der Waals surface area contributed by atoms with E-state index < -0.39 is 0 Å². The number of aromatic nitrogens is 2. The molecule has 0 spiro atoms. The van der Waals surface area contributed by atoms with Crippen LogP contribution in [0.1, 0.15) is 30.9 Å². The molecule has 0 aliphatic carbocycles. The number of nitrogens with zero attached hydrogens (tertiary/aromatic N) is 2. The van der Waals surface area contributed by atoms with E-state index in [0.717, 1.165) is 36.0 Å². The van der Waals surface area contributed by atoms with Crippen LogP contribution in [0.5, 0.6) is 5.88 Å². The average Bonchev–Trinajstić information content (AvgIpc) is 2.93. The maximum absolute atomic E-state index is 5.69. The summed E-state index contributed by atoms with van der Waals surface area (Å²) in [5.74, 6) is 2.22. The van der Waals surface area contributed by atoms with Crippen molar-refractivity contribution < 1.29 is 9.15 Å². The van der Waals surface area contributed by atoms with Gasteiger partial charge in [0.15, 0.2) is 0 Å². The summed E-state index contributed by atoms with van der Waals surface area (Å²) in [7, 11) is 1.87. The standard InChI is InChI=1S/C15H23N3O2/c1-11(2)7-16-8-13-6-14(19-9-13)10-20-15-5-12(3)17-18(15)4/h5-6,9,11,16H,7-8,10H2,1-4H3. The van der Waals surface area contributed by atoms with Gasteiger partial charge < -0.3 is 14.5 Å². The highest BCUT2D eigenvalue weighted by Gasteiger charge is 2.06. The minimum Gasteiger partial charge on any atom is -0.470 e. The fraction of sp³-hybridized carbons (Fsp3) is 0.533. The number of hydrogen-bond donors (Lipinski definition) is 1. The molecule has 2 aromatic heterocycles. The second-order valence-corrected chi connectivity index (χ2v) is 5.48. The summed E-state index contributed by atoms with van der Waals surface area (Å²) in [4.78, 5) is 0. The molecule has 0 bridgehead atoms. The Morgan fingerprint density at radius 1 is 1.40 bits per heavy atom. The molecule has 1 N–H and O–H groups in total. The smallest absolute Gasteiger partial charge is 0.212 e. The van der Waals surface area contributed by atoms with Crippen molar-refractivity contribution in [3.05, 3.63) is 35.4 Å². The lowest BCUT2D eigenvalue weighted by Gasteiger charge is -2.05. The number of rotatable bonds is 7. The molecule has 5 heteroatoms. The van der Waals surface area contributed by atoms with Crippen molar-refractivity contribution in [2.24, 2.45) is 13.0 Å². The Bertz CT molecular complexity index is 543. The molecule has 2 heterocycles. The maximum atomic E-state index is 5.69. The summed E-state index contributed by atoms with van der Waals surface area (Å²) < 4.78 is 12.9. The van der Waals surface area contributed by atoms with Gasteiger partial charge in [0.05, 0.1) is 12.0 Å². The van der Waals surface area contributed by atoms with Gasteiger partial charge in [-0.2, -0.15) is 5.10 Å². The zero-order valence-corrected chi connectivity index (χ0v) is 12.6. The molecule has 0 unspecified atom stereocenters. The van der Waals surface area contributed by atoms with Gasteiger partial charge in [-0.3, -0.25) is 0 Å². The quantitative estimate of drug-likeness (QED) is 0.845. The van der Waals surface area contributed by atoms with Crippen LogP contribution in [-0.4, -0.2) is 16.3 Å². The van der Waals surface area contributed by atoms with E-state index >= 15 is 0 Å². The van der Waals surface area contributed by atoms with Gasteiger partial charge in [0.2, 0.25) is 5.88 Å². The highest BCUT2D eigenvalue weighted by Crippen LogP contribution is 2.15. The molecule has 2 aromatic rings. The van der Waals surface area contributed by atoms with Crippen LogP contribution in [0.3, 0.4) is 0 Å². The highest BCUT2D eigenvalue weighted by molar-refractivity contribution is 5.16. The highest BCUT2D eigenvalue weighted by atomic mass is 16.5. The SMILES string of the molecule is Cc1cc(OCc2cc(CNCC(C)C)co2)n(C)n1. The monoisotopic (exact) mass is 277 g/mol. The van der Waals surface area contributed by atoms with Gasteiger partial charge in [0.25, 0.3) is 0 Å². The Morgan fingerprint density at radius 3 is 2.85 bits per heavy atom. The normalized spacial score (nSPS) is 11.2. The molecule has 0 aliphatic rings. The summed E-state index contributed by atoms with van der Waals surface area (Å²) in [6, 6.07) is 3.94. The third-order valence-corrected chi connectivity index (χ3v) is 2.91. The molecule has 0 saturated heterocycles. The van der Waals surface area contributed by atoms with Crippen LogP contribution in [0.4, 0.5) is 0 Å². The van der Waals surface area contributed by atoms with Crippen molar-refractivity contribution in [3.8, 4) is 5.88 Å². The predicted molar refractivity (Wildman–Crippen MR) is 77.5 cm³/mol. The van der Waals surface area contributed by atoms with Gasteiger partial charge in [-0.15, -0.1) is 0 Å². The minimum atomic E-state index is 0.420. The Balaban J connectivity index is 1.82. The number of nitrogens with one attached hydrogen (secondary N) is 1. The topological polar surface area (TPSA) is 52.2 Å². The van der Waals surface area contributed by atoms with E-state index in [0.29, 0.717) is 12.5 Å². The molecule has 0 aliphatic heterocycles. The molecule has 0 aromatic carbocycles. The van der Waals surface area contributed by atoms with Crippen LogP contribution in [0.15, 0.2) is 22.8 Å². The molecule has 20 heavy (non-hydrogen) atoms. The fourth-order valence-electron chi connectivity index (χ4n) is 1.97. The molecule has 0 radical (unpaired) electrons. The molecule has 2 rings (SSSR count). The first-order chi connectivity index (χ1) is 9.54. The van der Waals surface area contributed by atoms with Crippen molar-refractivity contribution in [3.63, 3.8) is 0 Å². The Kier molecular flexibility index (Phi) is 4.84. The Morgan fingerprint density at radius 2 is 2.20 bits per heavy atom. The third kappa shape index (κ3) is 4.13. The molecule has 5 nitrogen and oxygen atoms in total.